The van der Waals surface area contributed by atoms with E-state index in [4.69, 9.17) is 4.74 Å². The molecule has 168 valence electrons. The van der Waals surface area contributed by atoms with E-state index in [1.54, 1.807) is 0 Å². The SMILES string of the molecule is O=C(CC1C/C=C/CCC(=O)OC(c2ccccc2)CNC1=O)NCC1CCCCC1. The number of ether oxygens (including phenoxy) is 1. The number of benzene rings is 1. The Hall–Kier alpha value is -2.63. The van der Waals surface area contributed by atoms with Crippen molar-refractivity contribution in [3.05, 3.63) is 48.0 Å². The highest BCUT2D eigenvalue weighted by Gasteiger charge is 2.24. The second-order valence-corrected chi connectivity index (χ2v) is 8.59. The number of cyclic esters (lactones) is 1. The number of rotatable bonds is 5. The van der Waals surface area contributed by atoms with Gasteiger partial charge in [-0.15, -0.1) is 0 Å². The molecule has 2 aliphatic rings. The van der Waals surface area contributed by atoms with Crippen molar-refractivity contribution in [1.29, 1.82) is 0 Å². The van der Waals surface area contributed by atoms with Crippen molar-refractivity contribution in [1.82, 2.24) is 10.6 Å². The Morgan fingerprint density at radius 2 is 1.84 bits per heavy atom. The zero-order valence-electron chi connectivity index (χ0n) is 18.2. The standard InChI is InChI=1S/C25H34N2O4/c28-23(26-17-19-10-4-1-5-11-19)16-21-14-8-3-9-15-24(29)31-22(18-27-25(21)30)20-12-6-2-7-13-20/h2-3,6-8,12-13,19,21-22H,1,4-5,9-11,14-18H2,(H,26,28)(H,27,30)/b8-3+. The molecule has 0 bridgehead atoms. The molecule has 1 aromatic carbocycles. The molecule has 2 atom stereocenters. The third-order valence-corrected chi connectivity index (χ3v) is 6.12. The van der Waals surface area contributed by atoms with Gasteiger partial charge in [0.05, 0.1) is 12.5 Å². The number of carbonyl (C=O) groups excluding carboxylic acids is 3. The zero-order valence-corrected chi connectivity index (χ0v) is 18.2. The number of amides is 2. The van der Waals surface area contributed by atoms with Crippen LogP contribution in [0.25, 0.3) is 0 Å². The molecule has 0 saturated heterocycles. The Labute approximate surface area is 184 Å². The number of allylic oxidation sites excluding steroid dienone is 2. The predicted octanol–water partition coefficient (Wildman–Crippen LogP) is 3.83. The summed E-state index contributed by atoms with van der Waals surface area (Å²) in [5, 5.41) is 5.94. The summed E-state index contributed by atoms with van der Waals surface area (Å²) in [6.45, 7) is 0.896. The Kier molecular flexibility index (Phi) is 9.13. The molecule has 6 heteroatoms. The minimum Gasteiger partial charge on any atom is -0.456 e. The number of esters is 1. The van der Waals surface area contributed by atoms with Crippen LogP contribution in [0, 0.1) is 11.8 Å². The molecular weight excluding hydrogens is 392 g/mol. The van der Waals surface area contributed by atoms with E-state index in [1.807, 2.05) is 42.5 Å². The van der Waals surface area contributed by atoms with Gasteiger partial charge < -0.3 is 15.4 Å². The van der Waals surface area contributed by atoms with Gasteiger partial charge in [0.15, 0.2) is 0 Å². The minimum atomic E-state index is -0.540. The lowest BCUT2D eigenvalue weighted by atomic mass is 9.89. The molecule has 0 spiro atoms. The maximum absolute atomic E-state index is 12.9. The van der Waals surface area contributed by atoms with Crippen molar-refractivity contribution in [2.24, 2.45) is 11.8 Å². The molecule has 1 heterocycles. The first-order valence-corrected chi connectivity index (χ1v) is 11.6. The highest BCUT2D eigenvalue weighted by molar-refractivity contribution is 5.86. The molecule has 0 aromatic heterocycles. The Bertz CT molecular complexity index is 756. The smallest absolute Gasteiger partial charge is 0.306 e. The van der Waals surface area contributed by atoms with Gasteiger partial charge in [0.1, 0.15) is 6.10 Å². The van der Waals surface area contributed by atoms with Crippen LogP contribution in [-0.4, -0.2) is 30.9 Å². The van der Waals surface area contributed by atoms with E-state index < -0.39 is 12.0 Å². The van der Waals surface area contributed by atoms with Gasteiger partial charge in [-0.3, -0.25) is 14.4 Å². The summed E-state index contributed by atoms with van der Waals surface area (Å²) < 4.78 is 5.61. The largest absolute Gasteiger partial charge is 0.456 e. The molecule has 1 aromatic rings. The fourth-order valence-electron chi connectivity index (χ4n) is 4.26. The Morgan fingerprint density at radius 3 is 2.61 bits per heavy atom. The summed E-state index contributed by atoms with van der Waals surface area (Å²) in [5.41, 5.74) is 0.838. The van der Waals surface area contributed by atoms with E-state index in [-0.39, 0.29) is 30.7 Å². The van der Waals surface area contributed by atoms with Gasteiger partial charge in [0.25, 0.3) is 0 Å². The lowest BCUT2D eigenvalue weighted by molar-refractivity contribution is -0.150. The van der Waals surface area contributed by atoms with Crippen LogP contribution >= 0.6 is 0 Å². The van der Waals surface area contributed by atoms with Crippen LogP contribution in [0.15, 0.2) is 42.5 Å². The molecule has 1 aliphatic heterocycles. The topological polar surface area (TPSA) is 84.5 Å². The monoisotopic (exact) mass is 426 g/mol. The fourth-order valence-corrected chi connectivity index (χ4v) is 4.26. The van der Waals surface area contributed by atoms with Crippen molar-refractivity contribution in [3.63, 3.8) is 0 Å². The second-order valence-electron chi connectivity index (χ2n) is 8.59. The van der Waals surface area contributed by atoms with Crippen LogP contribution in [0.1, 0.15) is 69.5 Å². The fraction of sp³-hybridized carbons (Fsp3) is 0.560. The maximum Gasteiger partial charge on any atom is 0.306 e. The predicted molar refractivity (Wildman–Crippen MR) is 119 cm³/mol. The molecule has 3 rings (SSSR count). The average Bonchev–Trinajstić information content (AvgIpc) is 2.79. The van der Waals surface area contributed by atoms with Gasteiger partial charge in [0.2, 0.25) is 11.8 Å². The van der Waals surface area contributed by atoms with Gasteiger partial charge >= 0.3 is 5.97 Å². The first-order valence-electron chi connectivity index (χ1n) is 11.6. The second kappa shape index (κ2) is 12.3. The van der Waals surface area contributed by atoms with E-state index in [0.29, 0.717) is 31.7 Å². The van der Waals surface area contributed by atoms with Crippen LogP contribution < -0.4 is 10.6 Å². The number of hydrogen-bond acceptors (Lipinski definition) is 4. The van der Waals surface area contributed by atoms with Crippen molar-refractivity contribution in [2.75, 3.05) is 13.1 Å². The lowest BCUT2D eigenvalue weighted by Gasteiger charge is -2.23. The Morgan fingerprint density at radius 1 is 1.06 bits per heavy atom. The molecule has 1 aliphatic carbocycles. The maximum atomic E-state index is 12.9. The molecular formula is C25H34N2O4. The van der Waals surface area contributed by atoms with Crippen LogP contribution in [0.4, 0.5) is 0 Å². The summed E-state index contributed by atoms with van der Waals surface area (Å²) in [6.07, 6.45) is 10.9. The van der Waals surface area contributed by atoms with Crippen LogP contribution in [0.2, 0.25) is 0 Å². The number of carbonyl (C=O) groups is 3. The van der Waals surface area contributed by atoms with Gasteiger partial charge in [-0.05, 0) is 37.2 Å². The molecule has 2 amide bonds. The molecule has 31 heavy (non-hydrogen) atoms. The third-order valence-electron chi connectivity index (χ3n) is 6.12. The number of hydrogen-bond donors (Lipinski definition) is 2. The van der Waals surface area contributed by atoms with Crippen molar-refractivity contribution >= 4 is 17.8 Å². The number of nitrogens with one attached hydrogen (secondary N) is 2. The van der Waals surface area contributed by atoms with Gasteiger partial charge in [0, 0.05) is 19.4 Å². The highest BCUT2D eigenvalue weighted by atomic mass is 16.5. The van der Waals surface area contributed by atoms with Gasteiger partial charge in [-0.2, -0.15) is 0 Å². The highest BCUT2D eigenvalue weighted by Crippen LogP contribution is 2.23. The quantitative estimate of drug-likeness (QED) is 0.554. The zero-order chi connectivity index (χ0) is 21.9. The Balaban J connectivity index is 1.59. The molecule has 1 saturated carbocycles. The van der Waals surface area contributed by atoms with Crippen molar-refractivity contribution in [3.8, 4) is 0 Å². The summed E-state index contributed by atoms with van der Waals surface area (Å²) in [4.78, 5) is 37.5. The summed E-state index contributed by atoms with van der Waals surface area (Å²) in [7, 11) is 0. The van der Waals surface area contributed by atoms with Crippen molar-refractivity contribution in [2.45, 2.75) is 63.9 Å². The third kappa shape index (κ3) is 7.85. The lowest BCUT2D eigenvalue weighted by Crippen LogP contribution is -2.38. The summed E-state index contributed by atoms with van der Waals surface area (Å²) >= 11 is 0. The van der Waals surface area contributed by atoms with Crippen LogP contribution in [0.5, 0.6) is 0 Å². The van der Waals surface area contributed by atoms with E-state index in [0.717, 1.165) is 5.56 Å². The molecule has 6 nitrogen and oxygen atoms in total. The van der Waals surface area contributed by atoms with Gasteiger partial charge in [-0.1, -0.05) is 61.7 Å². The van der Waals surface area contributed by atoms with E-state index in [1.165, 1.54) is 32.1 Å². The molecule has 2 unspecified atom stereocenters. The molecule has 2 N–H and O–H groups in total. The molecule has 1 fully saturated rings. The van der Waals surface area contributed by atoms with Crippen molar-refractivity contribution < 1.29 is 19.1 Å². The van der Waals surface area contributed by atoms with Crippen LogP contribution in [-0.2, 0) is 19.1 Å². The minimum absolute atomic E-state index is 0.0720. The average molecular weight is 427 g/mol. The summed E-state index contributed by atoms with van der Waals surface area (Å²) in [6, 6.07) is 9.41. The normalized spacial score (nSPS) is 24.8. The first-order chi connectivity index (χ1) is 15.1. The van der Waals surface area contributed by atoms with E-state index >= 15 is 0 Å². The van der Waals surface area contributed by atoms with E-state index in [2.05, 4.69) is 10.6 Å². The van der Waals surface area contributed by atoms with E-state index in [9.17, 15) is 14.4 Å². The first kappa shape index (κ1) is 23.0. The van der Waals surface area contributed by atoms with Gasteiger partial charge in [-0.25, -0.2) is 0 Å². The summed E-state index contributed by atoms with van der Waals surface area (Å²) in [5.74, 6) is -0.419. The molecule has 0 radical (unpaired) electrons. The van der Waals surface area contributed by atoms with Crippen LogP contribution in [0.3, 0.4) is 0 Å².